The van der Waals surface area contributed by atoms with Crippen molar-refractivity contribution in [3.8, 4) is 0 Å². The minimum absolute atomic E-state index is 0.00858. The molecule has 20 heavy (non-hydrogen) atoms. The number of rotatable bonds is 5. The molecular weight excluding hydrogens is 274 g/mol. The Balaban J connectivity index is 1.97. The molecule has 0 aliphatic carbocycles. The fraction of sp³-hybridized carbons (Fsp3) is 0.714. The Bertz CT molecular complexity index is 449. The van der Waals surface area contributed by atoms with Gasteiger partial charge in [0.1, 0.15) is 5.01 Å². The lowest BCUT2D eigenvalue weighted by Gasteiger charge is -2.38. The van der Waals surface area contributed by atoms with Gasteiger partial charge in [-0.2, -0.15) is 0 Å². The quantitative estimate of drug-likeness (QED) is 0.852. The van der Waals surface area contributed by atoms with Crippen LogP contribution in [0.5, 0.6) is 0 Å². The van der Waals surface area contributed by atoms with Crippen LogP contribution in [0.2, 0.25) is 0 Å². The summed E-state index contributed by atoms with van der Waals surface area (Å²) in [5.41, 5.74) is 1.00. The third-order valence-electron chi connectivity index (χ3n) is 3.97. The number of hydrogen-bond donors (Lipinski definition) is 2. The van der Waals surface area contributed by atoms with E-state index in [-0.39, 0.29) is 18.6 Å². The highest BCUT2D eigenvalue weighted by Gasteiger charge is 2.28. The van der Waals surface area contributed by atoms with Crippen molar-refractivity contribution in [1.29, 1.82) is 0 Å². The molecular formula is C14H23N3O2S. The molecule has 2 rings (SSSR count). The topological polar surface area (TPSA) is 65.5 Å². The minimum Gasteiger partial charge on any atom is -0.395 e. The lowest BCUT2D eigenvalue weighted by molar-refractivity contribution is -0.119. The molecule has 1 fully saturated rings. The molecule has 1 saturated heterocycles. The van der Waals surface area contributed by atoms with E-state index in [9.17, 15) is 9.90 Å². The van der Waals surface area contributed by atoms with Gasteiger partial charge in [0, 0.05) is 25.0 Å². The van der Waals surface area contributed by atoms with E-state index in [0.29, 0.717) is 12.3 Å². The molecule has 2 heterocycles. The van der Waals surface area contributed by atoms with Gasteiger partial charge < -0.3 is 10.4 Å². The maximum absolute atomic E-state index is 11.3. The molecule has 2 atom stereocenters. The second-order valence-corrected chi connectivity index (χ2v) is 6.37. The summed E-state index contributed by atoms with van der Waals surface area (Å²) in [4.78, 5) is 18.2. The van der Waals surface area contributed by atoms with E-state index in [1.807, 2.05) is 5.38 Å². The van der Waals surface area contributed by atoms with Crippen molar-refractivity contribution in [3.63, 3.8) is 0 Å². The average molecular weight is 297 g/mol. The maximum atomic E-state index is 11.3. The summed E-state index contributed by atoms with van der Waals surface area (Å²) < 4.78 is 0. The number of aliphatic hydroxyl groups is 1. The first-order valence-electron chi connectivity index (χ1n) is 7.12. The van der Waals surface area contributed by atoms with Crippen molar-refractivity contribution in [2.75, 3.05) is 20.2 Å². The number of nitrogens with zero attached hydrogens (tertiary/aromatic N) is 2. The molecule has 0 radical (unpaired) electrons. The fourth-order valence-corrected chi connectivity index (χ4v) is 3.55. The fourth-order valence-electron chi connectivity index (χ4n) is 2.76. The van der Waals surface area contributed by atoms with Gasteiger partial charge in [-0.05, 0) is 25.3 Å². The van der Waals surface area contributed by atoms with Crippen molar-refractivity contribution in [1.82, 2.24) is 15.2 Å². The Morgan fingerprint density at radius 1 is 1.65 bits per heavy atom. The number of carbonyl (C=O) groups is 1. The zero-order valence-corrected chi connectivity index (χ0v) is 12.9. The van der Waals surface area contributed by atoms with Gasteiger partial charge in [0.05, 0.1) is 18.7 Å². The Morgan fingerprint density at radius 2 is 2.45 bits per heavy atom. The molecule has 1 aliphatic heterocycles. The largest absolute Gasteiger partial charge is 0.395 e. The number of carbonyl (C=O) groups excluding carboxylic acids is 1. The number of nitrogens with one attached hydrogen (secondary N) is 1. The van der Waals surface area contributed by atoms with E-state index in [1.165, 1.54) is 24.2 Å². The first kappa shape index (κ1) is 15.4. The summed E-state index contributed by atoms with van der Waals surface area (Å²) in [6.45, 7) is 4.18. The number of amides is 1. The Hall–Kier alpha value is -0.980. The highest BCUT2D eigenvalue weighted by atomic mass is 32.1. The summed E-state index contributed by atoms with van der Waals surface area (Å²) in [5.74, 6) is 0.517. The number of piperidine rings is 1. The molecule has 0 aromatic carbocycles. The Labute approximate surface area is 124 Å². The van der Waals surface area contributed by atoms with Crippen LogP contribution in [0.25, 0.3) is 0 Å². The van der Waals surface area contributed by atoms with Gasteiger partial charge in [0.2, 0.25) is 5.91 Å². The molecule has 5 nitrogen and oxygen atoms in total. The molecule has 1 aliphatic rings. The molecule has 0 spiro atoms. The van der Waals surface area contributed by atoms with E-state index in [2.05, 4.69) is 22.1 Å². The zero-order chi connectivity index (χ0) is 14.5. The first-order valence-corrected chi connectivity index (χ1v) is 8.00. The number of thiazole rings is 1. The molecule has 0 bridgehead atoms. The molecule has 1 amide bonds. The second kappa shape index (κ2) is 7.15. The summed E-state index contributed by atoms with van der Waals surface area (Å²) in [5, 5.41) is 15.0. The van der Waals surface area contributed by atoms with Crippen LogP contribution in [0.4, 0.5) is 0 Å². The van der Waals surface area contributed by atoms with Crippen molar-refractivity contribution in [2.45, 2.75) is 38.8 Å². The highest BCUT2D eigenvalue weighted by molar-refractivity contribution is 7.09. The van der Waals surface area contributed by atoms with Crippen LogP contribution >= 0.6 is 11.3 Å². The van der Waals surface area contributed by atoms with E-state index >= 15 is 0 Å². The van der Waals surface area contributed by atoms with Crippen LogP contribution in [0.3, 0.4) is 0 Å². The van der Waals surface area contributed by atoms with Crippen molar-refractivity contribution in [2.24, 2.45) is 5.92 Å². The predicted molar refractivity (Wildman–Crippen MR) is 79.6 cm³/mol. The summed E-state index contributed by atoms with van der Waals surface area (Å²) >= 11 is 1.53. The molecule has 1 aromatic heterocycles. The van der Waals surface area contributed by atoms with Crippen LogP contribution in [-0.4, -0.2) is 47.1 Å². The lowest BCUT2D eigenvalue weighted by Crippen LogP contribution is -2.46. The second-order valence-electron chi connectivity index (χ2n) is 5.42. The van der Waals surface area contributed by atoms with Gasteiger partial charge in [-0.15, -0.1) is 11.3 Å². The number of aromatic nitrogens is 1. The Morgan fingerprint density at radius 3 is 3.15 bits per heavy atom. The predicted octanol–water partition coefficient (Wildman–Crippen LogP) is 1.02. The number of likely N-dealkylation sites (N-methyl/N-ethyl adjacent to an activating group) is 1. The monoisotopic (exact) mass is 297 g/mol. The number of aliphatic hydroxyl groups excluding tert-OH is 1. The van der Waals surface area contributed by atoms with Crippen LogP contribution in [0.15, 0.2) is 5.38 Å². The third kappa shape index (κ3) is 3.77. The van der Waals surface area contributed by atoms with Gasteiger partial charge >= 0.3 is 0 Å². The van der Waals surface area contributed by atoms with E-state index < -0.39 is 0 Å². The van der Waals surface area contributed by atoms with Gasteiger partial charge in [-0.3, -0.25) is 9.69 Å². The van der Waals surface area contributed by atoms with Crippen LogP contribution < -0.4 is 5.32 Å². The summed E-state index contributed by atoms with van der Waals surface area (Å²) in [7, 11) is 1.64. The minimum atomic E-state index is -0.00858. The van der Waals surface area contributed by atoms with Gasteiger partial charge in [0.25, 0.3) is 0 Å². The standard InChI is InChI=1S/C14H23N3O2S/c1-10-4-3-5-17(12(10)8-18)7-11-9-20-14(16-11)6-13(19)15-2/h9-10,12,18H,3-8H2,1-2H3,(H,15,19). The van der Waals surface area contributed by atoms with Gasteiger partial charge in [0.15, 0.2) is 0 Å². The van der Waals surface area contributed by atoms with E-state index in [0.717, 1.165) is 23.8 Å². The van der Waals surface area contributed by atoms with Gasteiger partial charge in [-0.25, -0.2) is 4.98 Å². The maximum Gasteiger partial charge on any atom is 0.226 e. The smallest absolute Gasteiger partial charge is 0.226 e. The van der Waals surface area contributed by atoms with Crippen LogP contribution in [0.1, 0.15) is 30.5 Å². The molecule has 6 heteroatoms. The zero-order valence-electron chi connectivity index (χ0n) is 12.1. The Kier molecular flexibility index (Phi) is 5.51. The third-order valence-corrected chi connectivity index (χ3v) is 4.87. The number of hydrogen-bond acceptors (Lipinski definition) is 5. The van der Waals surface area contributed by atoms with Crippen LogP contribution in [-0.2, 0) is 17.8 Å². The van der Waals surface area contributed by atoms with Crippen molar-refractivity contribution in [3.05, 3.63) is 16.1 Å². The molecule has 112 valence electrons. The van der Waals surface area contributed by atoms with Crippen molar-refractivity contribution >= 4 is 17.2 Å². The molecule has 1 aromatic rings. The molecule has 2 unspecified atom stereocenters. The molecule has 2 N–H and O–H groups in total. The average Bonchev–Trinajstić information content (AvgIpc) is 2.86. The SMILES string of the molecule is CNC(=O)Cc1nc(CN2CCCC(C)C2CO)cs1. The van der Waals surface area contributed by atoms with Gasteiger partial charge in [-0.1, -0.05) is 6.92 Å². The summed E-state index contributed by atoms with van der Waals surface area (Å²) in [6.07, 6.45) is 2.70. The first-order chi connectivity index (χ1) is 9.63. The lowest BCUT2D eigenvalue weighted by atomic mass is 9.91. The number of likely N-dealkylation sites (tertiary alicyclic amines) is 1. The van der Waals surface area contributed by atoms with Crippen LogP contribution in [0, 0.1) is 5.92 Å². The van der Waals surface area contributed by atoms with E-state index in [1.54, 1.807) is 7.05 Å². The summed E-state index contributed by atoms with van der Waals surface area (Å²) in [6, 6.07) is 0.229. The van der Waals surface area contributed by atoms with Crippen molar-refractivity contribution < 1.29 is 9.90 Å². The molecule has 0 saturated carbocycles. The normalized spacial score (nSPS) is 23.8. The highest BCUT2D eigenvalue weighted by Crippen LogP contribution is 2.25. The van der Waals surface area contributed by atoms with E-state index in [4.69, 9.17) is 0 Å².